The molecule has 0 spiro atoms. The molecule has 8 aromatic carbocycles. The Balaban J connectivity index is 1.04. The first-order valence-corrected chi connectivity index (χ1v) is 19.0. The summed E-state index contributed by atoms with van der Waals surface area (Å²) in [5.74, 6) is 0.648. The van der Waals surface area contributed by atoms with Crippen LogP contribution in [0.25, 0.3) is 100 Å². The van der Waals surface area contributed by atoms with E-state index in [0.29, 0.717) is 5.95 Å². The lowest BCUT2D eigenvalue weighted by Crippen LogP contribution is -2.03. The van der Waals surface area contributed by atoms with Crippen molar-refractivity contribution >= 4 is 43.6 Å². The van der Waals surface area contributed by atoms with Crippen LogP contribution in [0.15, 0.2) is 206 Å². The largest absolute Gasteiger partial charge is 0.309 e. The van der Waals surface area contributed by atoms with Crippen LogP contribution in [-0.4, -0.2) is 19.1 Å². The van der Waals surface area contributed by atoms with Gasteiger partial charge < -0.3 is 4.57 Å². The van der Waals surface area contributed by atoms with E-state index in [9.17, 15) is 0 Å². The number of hydrogen-bond donors (Lipinski definition) is 0. The van der Waals surface area contributed by atoms with E-state index in [4.69, 9.17) is 9.97 Å². The quantitative estimate of drug-likeness (QED) is 0.172. The maximum absolute atomic E-state index is 5.20. The van der Waals surface area contributed by atoms with Gasteiger partial charge in [-0.25, -0.2) is 9.97 Å². The van der Waals surface area contributed by atoms with E-state index in [2.05, 4.69) is 203 Å². The van der Waals surface area contributed by atoms with Crippen LogP contribution in [0, 0.1) is 0 Å². The van der Waals surface area contributed by atoms with Gasteiger partial charge in [-0.1, -0.05) is 158 Å². The third-order valence-electron chi connectivity index (χ3n) is 11.0. The average Bonchev–Trinajstić information content (AvgIpc) is 3.79. The zero-order valence-corrected chi connectivity index (χ0v) is 30.4. The summed E-state index contributed by atoms with van der Waals surface area (Å²) >= 11 is 0. The molecule has 0 bridgehead atoms. The molecule has 3 aromatic heterocycles. The lowest BCUT2D eigenvalue weighted by Gasteiger charge is -2.12. The van der Waals surface area contributed by atoms with Gasteiger partial charge in [0.05, 0.1) is 33.5 Å². The molecule has 0 aliphatic carbocycles. The van der Waals surface area contributed by atoms with E-state index < -0.39 is 0 Å². The molecule has 11 rings (SSSR count). The molecule has 11 aromatic rings. The maximum Gasteiger partial charge on any atom is 0.235 e. The normalized spacial score (nSPS) is 11.6. The number of para-hydroxylation sites is 2. The van der Waals surface area contributed by atoms with Gasteiger partial charge >= 0.3 is 0 Å². The molecule has 0 N–H and O–H groups in total. The Labute approximate surface area is 324 Å². The van der Waals surface area contributed by atoms with Crippen LogP contribution >= 0.6 is 0 Å². The summed E-state index contributed by atoms with van der Waals surface area (Å²) in [7, 11) is 0. The third kappa shape index (κ3) is 5.31. The van der Waals surface area contributed by atoms with Crippen molar-refractivity contribution < 1.29 is 0 Å². The van der Waals surface area contributed by atoms with Crippen molar-refractivity contribution in [2.24, 2.45) is 0 Å². The third-order valence-corrected chi connectivity index (χ3v) is 11.0. The second-order valence-corrected chi connectivity index (χ2v) is 14.3. The van der Waals surface area contributed by atoms with Crippen LogP contribution < -0.4 is 0 Å². The summed E-state index contributed by atoms with van der Waals surface area (Å²) in [6.45, 7) is 0. The molecule has 56 heavy (non-hydrogen) atoms. The molecular formula is C52H34N4. The lowest BCUT2D eigenvalue weighted by atomic mass is 10.0. The topological polar surface area (TPSA) is 35.6 Å². The highest BCUT2D eigenvalue weighted by atomic mass is 15.2. The molecule has 0 amide bonds. The summed E-state index contributed by atoms with van der Waals surface area (Å²) in [4.78, 5) is 10.4. The summed E-state index contributed by atoms with van der Waals surface area (Å²) in [5, 5.41) is 4.83. The summed E-state index contributed by atoms with van der Waals surface area (Å²) in [5.41, 5.74) is 14.3. The summed E-state index contributed by atoms with van der Waals surface area (Å²) in [6.07, 6.45) is 0. The van der Waals surface area contributed by atoms with Gasteiger partial charge in [0.15, 0.2) is 0 Å². The van der Waals surface area contributed by atoms with Gasteiger partial charge in [-0.15, -0.1) is 0 Å². The van der Waals surface area contributed by atoms with Crippen LogP contribution in [0.2, 0.25) is 0 Å². The first-order chi connectivity index (χ1) is 27.8. The number of fused-ring (bicyclic) bond motifs is 6. The molecule has 0 unspecified atom stereocenters. The zero-order valence-electron chi connectivity index (χ0n) is 30.4. The predicted octanol–water partition coefficient (Wildman–Crippen LogP) is 13.3. The molecule has 4 nitrogen and oxygen atoms in total. The van der Waals surface area contributed by atoms with Gasteiger partial charge in [-0.05, 0) is 70.8 Å². The number of benzene rings is 8. The first kappa shape index (κ1) is 31.9. The van der Waals surface area contributed by atoms with Crippen LogP contribution in [0.3, 0.4) is 0 Å². The van der Waals surface area contributed by atoms with Crippen molar-refractivity contribution in [1.82, 2.24) is 19.1 Å². The van der Waals surface area contributed by atoms with E-state index in [1.54, 1.807) is 0 Å². The van der Waals surface area contributed by atoms with Crippen molar-refractivity contribution in [2.45, 2.75) is 0 Å². The van der Waals surface area contributed by atoms with Crippen molar-refractivity contribution in [3.8, 4) is 56.4 Å². The second-order valence-electron chi connectivity index (χ2n) is 14.3. The molecule has 0 aliphatic rings. The Kier molecular flexibility index (Phi) is 7.46. The molecule has 0 aliphatic heterocycles. The van der Waals surface area contributed by atoms with Gasteiger partial charge in [0.1, 0.15) is 0 Å². The Morgan fingerprint density at radius 2 is 0.714 bits per heavy atom. The molecule has 0 atom stereocenters. The van der Waals surface area contributed by atoms with Gasteiger partial charge in [0.2, 0.25) is 5.95 Å². The van der Waals surface area contributed by atoms with Crippen LogP contribution in [-0.2, 0) is 0 Å². The molecule has 3 heterocycles. The Morgan fingerprint density at radius 3 is 1.36 bits per heavy atom. The van der Waals surface area contributed by atoms with Crippen LogP contribution in [0.5, 0.6) is 0 Å². The number of aromatic nitrogens is 4. The second kappa shape index (κ2) is 13.1. The number of hydrogen-bond acceptors (Lipinski definition) is 2. The fourth-order valence-electron chi connectivity index (χ4n) is 8.28. The lowest BCUT2D eigenvalue weighted by molar-refractivity contribution is 0.995. The molecule has 0 saturated heterocycles. The standard InChI is InChI=1S/C52H34N4/c1-4-14-35(15-5-1)40-26-30-44-42-20-10-12-22-48(42)55(51(44)33-40)41-28-24-36(25-29-41)39-27-31-50-45(32-39)43-21-11-13-23-49(43)56(50)52-53-46(37-16-6-2-7-17-37)34-47(54-52)38-18-8-3-9-19-38/h1-34H. The van der Waals surface area contributed by atoms with Crippen molar-refractivity contribution in [3.63, 3.8) is 0 Å². The summed E-state index contributed by atoms with van der Waals surface area (Å²) in [6, 6.07) is 73.2. The minimum atomic E-state index is 0.648. The van der Waals surface area contributed by atoms with E-state index >= 15 is 0 Å². The average molecular weight is 715 g/mol. The monoisotopic (exact) mass is 714 g/mol. The Morgan fingerprint density at radius 1 is 0.268 bits per heavy atom. The van der Waals surface area contributed by atoms with E-state index in [1.165, 1.54) is 32.9 Å². The highest BCUT2D eigenvalue weighted by Crippen LogP contribution is 2.38. The van der Waals surface area contributed by atoms with Crippen LogP contribution in [0.1, 0.15) is 0 Å². The predicted molar refractivity (Wildman–Crippen MR) is 232 cm³/mol. The number of rotatable bonds is 6. The minimum Gasteiger partial charge on any atom is -0.309 e. The summed E-state index contributed by atoms with van der Waals surface area (Å²) < 4.78 is 4.60. The highest BCUT2D eigenvalue weighted by molar-refractivity contribution is 6.11. The zero-order chi connectivity index (χ0) is 37.0. The van der Waals surface area contributed by atoms with Gasteiger partial charge in [0, 0.05) is 38.4 Å². The maximum atomic E-state index is 5.20. The van der Waals surface area contributed by atoms with Gasteiger partial charge in [-0.2, -0.15) is 0 Å². The van der Waals surface area contributed by atoms with Crippen LogP contribution in [0.4, 0.5) is 0 Å². The molecule has 4 heteroatoms. The van der Waals surface area contributed by atoms with E-state index in [-0.39, 0.29) is 0 Å². The van der Waals surface area contributed by atoms with Crippen molar-refractivity contribution in [3.05, 3.63) is 206 Å². The number of nitrogens with zero attached hydrogens (tertiary/aromatic N) is 4. The smallest absolute Gasteiger partial charge is 0.235 e. The highest BCUT2D eigenvalue weighted by Gasteiger charge is 2.18. The molecule has 0 saturated carbocycles. The first-order valence-electron chi connectivity index (χ1n) is 19.0. The van der Waals surface area contributed by atoms with Gasteiger partial charge in [0.25, 0.3) is 0 Å². The van der Waals surface area contributed by atoms with Crippen molar-refractivity contribution in [1.29, 1.82) is 0 Å². The Hall–Kier alpha value is -7.56. The molecular weight excluding hydrogens is 681 g/mol. The van der Waals surface area contributed by atoms with Crippen molar-refractivity contribution in [2.75, 3.05) is 0 Å². The SMILES string of the molecule is c1ccc(-c2ccc3c4ccccc4n(-c4ccc(-c5ccc6c(c5)c5ccccc5n6-c5nc(-c6ccccc6)cc(-c6ccccc6)n5)cc4)c3c2)cc1. The molecule has 0 fully saturated rings. The van der Waals surface area contributed by atoms with Gasteiger partial charge in [-0.3, -0.25) is 4.57 Å². The van der Waals surface area contributed by atoms with E-state index in [1.807, 2.05) is 12.1 Å². The Bertz CT molecular complexity index is 3160. The fraction of sp³-hybridized carbons (Fsp3) is 0. The fourth-order valence-corrected chi connectivity index (χ4v) is 8.28. The molecule has 0 radical (unpaired) electrons. The van der Waals surface area contributed by atoms with E-state index in [0.717, 1.165) is 61.1 Å². The molecule has 262 valence electrons. The minimum absolute atomic E-state index is 0.648.